The van der Waals surface area contributed by atoms with Gasteiger partial charge in [-0.25, -0.2) is 0 Å². The van der Waals surface area contributed by atoms with Crippen LogP contribution >= 0.6 is 0 Å². The second-order valence-electron chi connectivity index (χ2n) is 5.93. The van der Waals surface area contributed by atoms with Crippen molar-refractivity contribution in [2.75, 3.05) is 31.1 Å². The molecule has 3 nitrogen and oxygen atoms in total. The van der Waals surface area contributed by atoms with Crippen LogP contribution < -0.4 is 4.90 Å². The SMILES string of the molecule is Cc1cccc(N2CCN(C(=O)c3ccccc3C)CC2)c1. The lowest BCUT2D eigenvalue weighted by Gasteiger charge is -2.36. The number of carbonyl (C=O) groups is 1. The van der Waals surface area contributed by atoms with E-state index in [0.29, 0.717) is 0 Å². The molecule has 3 heteroatoms. The summed E-state index contributed by atoms with van der Waals surface area (Å²) in [5.41, 5.74) is 4.40. The van der Waals surface area contributed by atoms with Crippen molar-refractivity contribution < 1.29 is 4.79 Å². The van der Waals surface area contributed by atoms with E-state index in [9.17, 15) is 4.79 Å². The molecule has 1 fully saturated rings. The second kappa shape index (κ2) is 6.22. The Hall–Kier alpha value is -2.29. The van der Waals surface area contributed by atoms with E-state index in [1.165, 1.54) is 11.3 Å². The monoisotopic (exact) mass is 294 g/mol. The molecule has 1 amide bonds. The minimum absolute atomic E-state index is 0.155. The summed E-state index contributed by atoms with van der Waals surface area (Å²) in [7, 11) is 0. The number of hydrogen-bond acceptors (Lipinski definition) is 2. The molecule has 0 atom stereocenters. The molecule has 0 radical (unpaired) electrons. The Labute approximate surface area is 132 Å². The Morgan fingerprint density at radius 2 is 1.64 bits per heavy atom. The average molecular weight is 294 g/mol. The van der Waals surface area contributed by atoms with Crippen molar-refractivity contribution in [3.63, 3.8) is 0 Å². The van der Waals surface area contributed by atoms with Gasteiger partial charge in [0, 0.05) is 37.4 Å². The largest absolute Gasteiger partial charge is 0.368 e. The average Bonchev–Trinajstić information content (AvgIpc) is 2.55. The van der Waals surface area contributed by atoms with E-state index in [0.717, 1.165) is 37.3 Å². The topological polar surface area (TPSA) is 23.6 Å². The zero-order valence-electron chi connectivity index (χ0n) is 13.2. The molecular weight excluding hydrogens is 272 g/mol. The molecule has 0 saturated carbocycles. The number of rotatable bonds is 2. The van der Waals surface area contributed by atoms with Crippen molar-refractivity contribution >= 4 is 11.6 Å². The first-order valence-electron chi connectivity index (χ1n) is 7.81. The first-order valence-corrected chi connectivity index (χ1v) is 7.81. The summed E-state index contributed by atoms with van der Waals surface area (Å²) >= 11 is 0. The van der Waals surface area contributed by atoms with Gasteiger partial charge >= 0.3 is 0 Å². The third kappa shape index (κ3) is 2.98. The Morgan fingerprint density at radius 1 is 0.909 bits per heavy atom. The van der Waals surface area contributed by atoms with Gasteiger partial charge in [-0.2, -0.15) is 0 Å². The Morgan fingerprint density at radius 3 is 2.32 bits per heavy atom. The lowest BCUT2D eigenvalue weighted by atomic mass is 10.1. The van der Waals surface area contributed by atoms with Crippen LogP contribution in [0.4, 0.5) is 5.69 Å². The highest BCUT2D eigenvalue weighted by atomic mass is 16.2. The number of amides is 1. The highest BCUT2D eigenvalue weighted by Crippen LogP contribution is 2.19. The maximum atomic E-state index is 12.6. The Bertz CT molecular complexity index is 673. The normalized spacial score (nSPS) is 15.0. The standard InChI is InChI=1S/C19H22N2O/c1-15-6-5-8-17(14-15)20-10-12-21(13-11-20)19(22)18-9-4-3-7-16(18)2/h3-9,14H,10-13H2,1-2H3. The van der Waals surface area contributed by atoms with E-state index in [-0.39, 0.29) is 5.91 Å². The fraction of sp³-hybridized carbons (Fsp3) is 0.316. The molecule has 22 heavy (non-hydrogen) atoms. The molecule has 0 spiro atoms. The number of nitrogens with zero attached hydrogens (tertiary/aromatic N) is 2. The van der Waals surface area contributed by atoms with Crippen LogP contribution in [-0.2, 0) is 0 Å². The van der Waals surface area contributed by atoms with E-state index in [4.69, 9.17) is 0 Å². The van der Waals surface area contributed by atoms with Crippen LogP contribution in [0.5, 0.6) is 0 Å². The van der Waals surface area contributed by atoms with Crippen LogP contribution in [0.2, 0.25) is 0 Å². The van der Waals surface area contributed by atoms with E-state index < -0.39 is 0 Å². The maximum Gasteiger partial charge on any atom is 0.254 e. The Kier molecular flexibility index (Phi) is 4.14. The number of carbonyl (C=O) groups excluding carboxylic acids is 1. The molecule has 114 valence electrons. The van der Waals surface area contributed by atoms with Gasteiger partial charge in [0.05, 0.1) is 0 Å². The van der Waals surface area contributed by atoms with E-state index in [2.05, 4.69) is 36.1 Å². The predicted molar refractivity (Wildman–Crippen MR) is 90.5 cm³/mol. The minimum Gasteiger partial charge on any atom is -0.368 e. The second-order valence-corrected chi connectivity index (χ2v) is 5.93. The fourth-order valence-corrected chi connectivity index (χ4v) is 2.98. The summed E-state index contributed by atoms with van der Waals surface area (Å²) in [5, 5.41) is 0. The number of aryl methyl sites for hydroxylation is 2. The molecule has 1 saturated heterocycles. The van der Waals surface area contributed by atoms with Gasteiger partial charge < -0.3 is 9.80 Å². The van der Waals surface area contributed by atoms with Gasteiger partial charge in [0.2, 0.25) is 0 Å². The van der Waals surface area contributed by atoms with Crippen molar-refractivity contribution in [3.05, 3.63) is 65.2 Å². The van der Waals surface area contributed by atoms with Crippen molar-refractivity contribution in [1.82, 2.24) is 4.90 Å². The van der Waals surface area contributed by atoms with E-state index in [1.54, 1.807) is 0 Å². The third-order valence-electron chi connectivity index (χ3n) is 4.31. The maximum absolute atomic E-state index is 12.6. The van der Waals surface area contributed by atoms with Gasteiger partial charge in [0.25, 0.3) is 5.91 Å². The molecule has 3 rings (SSSR count). The number of hydrogen-bond donors (Lipinski definition) is 0. The molecule has 2 aromatic rings. The van der Waals surface area contributed by atoms with Crippen LogP contribution in [0, 0.1) is 13.8 Å². The van der Waals surface area contributed by atoms with Crippen LogP contribution in [0.3, 0.4) is 0 Å². The molecule has 0 aromatic heterocycles. The number of benzene rings is 2. The lowest BCUT2D eigenvalue weighted by molar-refractivity contribution is 0.0746. The van der Waals surface area contributed by atoms with Gasteiger partial charge in [-0.1, -0.05) is 30.3 Å². The molecule has 1 heterocycles. The summed E-state index contributed by atoms with van der Waals surface area (Å²) < 4.78 is 0. The first kappa shape index (κ1) is 14.6. The van der Waals surface area contributed by atoms with Crippen LogP contribution in [0.1, 0.15) is 21.5 Å². The summed E-state index contributed by atoms with van der Waals surface area (Å²) in [4.78, 5) is 16.9. The Balaban J connectivity index is 1.67. The van der Waals surface area contributed by atoms with Crippen LogP contribution in [0.25, 0.3) is 0 Å². The molecule has 1 aliphatic rings. The van der Waals surface area contributed by atoms with Gasteiger partial charge in [-0.3, -0.25) is 4.79 Å². The zero-order chi connectivity index (χ0) is 15.5. The molecule has 0 N–H and O–H groups in total. The van der Waals surface area contributed by atoms with Crippen LogP contribution in [0.15, 0.2) is 48.5 Å². The highest BCUT2D eigenvalue weighted by molar-refractivity contribution is 5.95. The van der Waals surface area contributed by atoms with Crippen molar-refractivity contribution in [2.45, 2.75) is 13.8 Å². The third-order valence-corrected chi connectivity index (χ3v) is 4.31. The highest BCUT2D eigenvalue weighted by Gasteiger charge is 2.23. The van der Waals surface area contributed by atoms with Crippen molar-refractivity contribution in [1.29, 1.82) is 0 Å². The van der Waals surface area contributed by atoms with Crippen molar-refractivity contribution in [3.8, 4) is 0 Å². The predicted octanol–water partition coefficient (Wildman–Crippen LogP) is 3.27. The molecule has 0 aliphatic carbocycles. The zero-order valence-corrected chi connectivity index (χ0v) is 13.2. The summed E-state index contributed by atoms with van der Waals surface area (Å²) in [6, 6.07) is 16.4. The van der Waals surface area contributed by atoms with Gasteiger partial charge in [-0.05, 0) is 43.2 Å². The number of piperazine rings is 1. The molecule has 2 aromatic carbocycles. The minimum atomic E-state index is 0.155. The van der Waals surface area contributed by atoms with Crippen molar-refractivity contribution in [2.24, 2.45) is 0 Å². The summed E-state index contributed by atoms with van der Waals surface area (Å²) in [5.74, 6) is 0.155. The molecular formula is C19H22N2O. The lowest BCUT2D eigenvalue weighted by Crippen LogP contribution is -2.48. The van der Waals surface area contributed by atoms with Gasteiger partial charge in [0.1, 0.15) is 0 Å². The molecule has 0 bridgehead atoms. The van der Waals surface area contributed by atoms with Gasteiger partial charge in [-0.15, -0.1) is 0 Å². The number of anilines is 1. The van der Waals surface area contributed by atoms with Gasteiger partial charge in [0.15, 0.2) is 0 Å². The van der Waals surface area contributed by atoms with E-state index >= 15 is 0 Å². The quantitative estimate of drug-likeness (QED) is 0.848. The van der Waals surface area contributed by atoms with Crippen LogP contribution in [-0.4, -0.2) is 37.0 Å². The summed E-state index contributed by atoms with van der Waals surface area (Å²) in [6.07, 6.45) is 0. The fourth-order valence-electron chi connectivity index (χ4n) is 2.98. The molecule has 1 aliphatic heterocycles. The molecule has 0 unspecified atom stereocenters. The first-order chi connectivity index (χ1) is 10.6. The summed E-state index contributed by atoms with van der Waals surface area (Å²) in [6.45, 7) is 7.45. The smallest absolute Gasteiger partial charge is 0.254 e. The van der Waals surface area contributed by atoms with E-state index in [1.807, 2.05) is 36.1 Å².